The van der Waals surface area contributed by atoms with E-state index in [4.69, 9.17) is 4.74 Å². The molecule has 0 bridgehead atoms. The number of aliphatic hydroxyl groups excluding tert-OH is 1. The molecule has 3 aromatic rings. The van der Waals surface area contributed by atoms with Crippen molar-refractivity contribution in [2.45, 2.75) is 19.3 Å². The van der Waals surface area contributed by atoms with E-state index in [9.17, 15) is 5.11 Å². The normalized spacial score (nSPS) is 11.9. The smallest absolute Gasteiger partial charge is 0.120 e. The SMILES string of the molecule is O[C@H](CNCc1ccccc1)c1cccc(OCc2ccccc2)c1. The Bertz CT molecular complexity index is 759. The molecule has 3 nitrogen and oxygen atoms in total. The lowest BCUT2D eigenvalue weighted by atomic mass is 10.1. The van der Waals surface area contributed by atoms with Gasteiger partial charge in [-0.3, -0.25) is 0 Å². The van der Waals surface area contributed by atoms with Gasteiger partial charge in [0.15, 0.2) is 0 Å². The average Bonchev–Trinajstić information content (AvgIpc) is 2.68. The zero-order valence-corrected chi connectivity index (χ0v) is 14.1. The summed E-state index contributed by atoms with van der Waals surface area (Å²) in [5.41, 5.74) is 3.18. The van der Waals surface area contributed by atoms with Crippen molar-refractivity contribution in [1.29, 1.82) is 0 Å². The molecule has 0 aliphatic heterocycles. The highest BCUT2D eigenvalue weighted by atomic mass is 16.5. The van der Waals surface area contributed by atoms with Crippen molar-refractivity contribution in [3.05, 3.63) is 102 Å². The summed E-state index contributed by atoms with van der Waals surface area (Å²) in [6.07, 6.45) is -0.566. The monoisotopic (exact) mass is 333 g/mol. The fraction of sp³-hybridized carbons (Fsp3) is 0.182. The Hall–Kier alpha value is -2.62. The molecule has 25 heavy (non-hydrogen) atoms. The third-order valence-corrected chi connectivity index (χ3v) is 4.00. The van der Waals surface area contributed by atoms with Gasteiger partial charge in [-0.25, -0.2) is 0 Å². The Kier molecular flexibility index (Phi) is 6.21. The number of hydrogen-bond donors (Lipinski definition) is 2. The van der Waals surface area contributed by atoms with Gasteiger partial charge in [-0.05, 0) is 28.8 Å². The van der Waals surface area contributed by atoms with E-state index < -0.39 is 6.10 Å². The topological polar surface area (TPSA) is 41.5 Å². The summed E-state index contributed by atoms with van der Waals surface area (Å²) >= 11 is 0. The lowest BCUT2D eigenvalue weighted by Gasteiger charge is -2.14. The summed E-state index contributed by atoms with van der Waals surface area (Å²) in [5.74, 6) is 0.767. The minimum atomic E-state index is -0.566. The van der Waals surface area contributed by atoms with E-state index in [1.807, 2.05) is 72.8 Å². The zero-order valence-electron chi connectivity index (χ0n) is 14.1. The quantitative estimate of drug-likeness (QED) is 0.652. The Morgan fingerprint density at radius 1 is 0.800 bits per heavy atom. The van der Waals surface area contributed by atoms with Crippen LogP contribution < -0.4 is 10.1 Å². The lowest BCUT2D eigenvalue weighted by Crippen LogP contribution is -2.21. The second-order valence-corrected chi connectivity index (χ2v) is 5.98. The number of ether oxygens (including phenoxy) is 1. The van der Waals surface area contributed by atoms with E-state index >= 15 is 0 Å². The second-order valence-electron chi connectivity index (χ2n) is 5.98. The highest BCUT2D eigenvalue weighted by Crippen LogP contribution is 2.20. The summed E-state index contributed by atoms with van der Waals surface area (Å²) in [7, 11) is 0. The molecular formula is C22H23NO2. The number of aliphatic hydroxyl groups is 1. The Morgan fingerprint density at radius 2 is 1.48 bits per heavy atom. The standard InChI is InChI=1S/C22H23NO2/c24-22(16-23-15-18-8-3-1-4-9-18)20-12-7-13-21(14-20)25-17-19-10-5-2-6-11-19/h1-14,22-24H,15-17H2/t22-/m1/s1. The number of benzene rings is 3. The predicted molar refractivity (Wildman–Crippen MR) is 100 cm³/mol. The molecule has 2 N–H and O–H groups in total. The predicted octanol–water partition coefficient (Wildman–Crippen LogP) is 4.09. The first kappa shape index (κ1) is 17.2. The van der Waals surface area contributed by atoms with Crippen molar-refractivity contribution >= 4 is 0 Å². The second kappa shape index (κ2) is 9.02. The Morgan fingerprint density at radius 3 is 2.20 bits per heavy atom. The maximum atomic E-state index is 10.4. The first-order valence-corrected chi connectivity index (χ1v) is 8.50. The Balaban J connectivity index is 1.51. The lowest BCUT2D eigenvalue weighted by molar-refractivity contribution is 0.173. The van der Waals surface area contributed by atoms with Crippen LogP contribution in [0.15, 0.2) is 84.9 Å². The highest BCUT2D eigenvalue weighted by Gasteiger charge is 2.08. The molecule has 3 aromatic carbocycles. The van der Waals surface area contributed by atoms with Crippen molar-refractivity contribution < 1.29 is 9.84 Å². The van der Waals surface area contributed by atoms with Crippen LogP contribution in [0.4, 0.5) is 0 Å². The third-order valence-electron chi connectivity index (χ3n) is 4.00. The molecule has 0 saturated heterocycles. The maximum absolute atomic E-state index is 10.4. The van der Waals surface area contributed by atoms with Crippen LogP contribution in [0, 0.1) is 0 Å². The molecule has 0 radical (unpaired) electrons. The summed E-state index contributed by atoms with van der Waals surface area (Å²) in [4.78, 5) is 0. The van der Waals surface area contributed by atoms with Gasteiger partial charge in [0.2, 0.25) is 0 Å². The van der Waals surface area contributed by atoms with E-state index in [-0.39, 0.29) is 0 Å². The van der Waals surface area contributed by atoms with Crippen LogP contribution in [-0.2, 0) is 13.2 Å². The van der Waals surface area contributed by atoms with Crippen molar-refractivity contribution in [2.24, 2.45) is 0 Å². The van der Waals surface area contributed by atoms with Crippen LogP contribution in [0.2, 0.25) is 0 Å². The first-order chi connectivity index (χ1) is 12.3. The summed E-state index contributed by atoms with van der Waals surface area (Å²) in [5, 5.41) is 13.7. The fourth-order valence-corrected chi connectivity index (χ4v) is 2.62. The largest absolute Gasteiger partial charge is 0.489 e. The van der Waals surface area contributed by atoms with E-state index in [2.05, 4.69) is 17.4 Å². The van der Waals surface area contributed by atoms with Gasteiger partial charge in [-0.2, -0.15) is 0 Å². The molecule has 0 aromatic heterocycles. The number of nitrogens with one attached hydrogen (secondary N) is 1. The Labute approximate surface area is 148 Å². The van der Waals surface area contributed by atoms with Gasteiger partial charge in [-0.15, -0.1) is 0 Å². The van der Waals surface area contributed by atoms with Gasteiger partial charge in [0.1, 0.15) is 12.4 Å². The molecule has 0 heterocycles. The molecule has 0 saturated carbocycles. The number of rotatable bonds is 8. The van der Waals surface area contributed by atoms with E-state index in [0.717, 1.165) is 23.4 Å². The third kappa shape index (κ3) is 5.45. The van der Waals surface area contributed by atoms with E-state index in [1.165, 1.54) is 5.56 Å². The van der Waals surface area contributed by atoms with Gasteiger partial charge in [0.05, 0.1) is 6.10 Å². The molecule has 0 spiro atoms. The molecule has 1 atom stereocenters. The average molecular weight is 333 g/mol. The van der Waals surface area contributed by atoms with E-state index in [1.54, 1.807) is 0 Å². The van der Waals surface area contributed by atoms with Crippen LogP contribution in [0.5, 0.6) is 5.75 Å². The summed E-state index contributed by atoms with van der Waals surface area (Å²) in [6.45, 7) is 1.76. The summed E-state index contributed by atoms with van der Waals surface area (Å²) in [6, 6.07) is 27.9. The van der Waals surface area contributed by atoms with Crippen molar-refractivity contribution in [3.8, 4) is 5.75 Å². The molecule has 0 fully saturated rings. The molecule has 0 aliphatic rings. The van der Waals surface area contributed by atoms with E-state index in [0.29, 0.717) is 13.2 Å². The molecule has 0 aliphatic carbocycles. The summed E-state index contributed by atoms with van der Waals surface area (Å²) < 4.78 is 5.83. The molecule has 0 unspecified atom stereocenters. The molecular weight excluding hydrogens is 310 g/mol. The van der Waals surface area contributed by atoms with Gasteiger partial charge in [0, 0.05) is 13.1 Å². The van der Waals surface area contributed by atoms with Crippen molar-refractivity contribution in [3.63, 3.8) is 0 Å². The molecule has 3 rings (SSSR count). The maximum Gasteiger partial charge on any atom is 0.120 e. The van der Waals surface area contributed by atoms with Gasteiger partial charge < -0.3 is 15.2 Å². The van der Waals surface area contributed by atoms with Crippen LogP contribution in [0.25, 0.3) is 0 Å². The molecule has 128 valence electrons. The fourth-order valence-electron chi connectivity index (χ4n) is 2.62. The first-order valence-electron chi connectivity index (χ1n) is 8.50. The van der Waals surface area contributed by atoms with Crippen LogP contribution >= 0.6 is 0 Å². The van der Waals surface area contributed by atoms with Gasteiger partial charge >= 0.3 is 0 Å². The van der Waals surface area contributed by atoms with Gasteiger partial charge in [0.25, 0.3) is 0 Å². The van der Waals surface area contributed by atoms with Crippen LogP contribution in [0.1, 0.15) is 22.8 Å². The molecule has 0 amide bonds. The number of hydrogen-bond acceptors (Lipinski definition) is 3. The van der Waals surface area contributed by atoms with Crippen LogP contribution in [0.3, 0.4) is 0 Å². The van der Waals surface area contributed by atoms with Crippen LogP contribution in [-0.4, -0.2) is 11.7 Å². The minimum Gasteiger partial charge on any atom is -0.489 e. The zero-order chi connectivity index (χ0) is 17.3. The van der Waals surface area contributed by atoms with Gasteiger partial charge in [-0.1, -0.05) is 72.8 Å². The van der Waals surface area contributed by atoms with Crippen molar-refractivity contribution in [2.75, 3.05) is 6.54 Å². The minimum absolute atomic E-state index is 0.497. The van der Waals surface area contributed by atoms with Crippen molar-refractivity contribution in [1.82, 2.24) is 5.32 Å². The highest BCUT2D eigenvalue weighted by molar-refractivity contribution is 5.30. The molecule has 3 heteroatoms.